The standard InChI is InChI=1S/C10H14O3/c1-7(8(2)12-3)10(5-6-10)9(11)13-4/h1-2,5-6H2,3-4H3. The van der Waals surface area contributed by atoms with Crippen molar-refractivity contribution < 1.29 is 14.3 Å². The highest BCUT2D eigenvalue weighted by Gasteiger charge is 2.54. The van der Waals surface area contributed by atoms with Gasteiger partial charge in [-0.3, -0.25) is 4.79 Å². The van der Waals surface area contributed by atoms with Gasteiger partial charge in [0.05, 0.1) is 19.6 Å². The molecule has 0 saturated heterocycles. The van der Waals surface area contributed by atoms with Crippen molar-refractivity contribution in [3.8, 4) is 0 Å². The molecule has 0 aromatic heterocycles. The minimum absolute atomic E-state index is 0.240. The Hall–Kier alpha value is -1.25. The molecule has 1 fully saturated rings. The van der Waals surface area contributed by atoms with Crippen LogP contribution in [0.1, 0.15) is 12.8 Å². The quantitative estimate of drug-likeness (QED) is 0.377. The van der Waals surface area contributed by atoms with Gasteiger partial charge >= 0.3 is 5.97 Å². The lowest BCUT2D eigenvalue weighted by molar-refractivity contribution is -0.145. The summed E-state index contributed by atoms with van der Waals surface area (Å²) in [6.45, 7) is 7.47. The smallest absolute Gasteiger partial charge is 0.316 e. The second kappa shape index (κ2) is 3.24. The highest BCUT2D eigenvalue weighted by molar-refractivity contribution is 5.84. The Kier molecular flexibility index (Phi) is 2.45. The fraction of sp³-hybridized carbons (Fsp3) is 0.500. The molecule has 1 aliphatic carbocycles. The highest BCUT2D eigenvalue weighted by atomic mass is 16.5. The summed E-state index contributed by atoms with van der Waals surface area (Å²) in [4.78, 5) is 11.4. The van der Waals surface area contributed by atoms with Crippen LogP contribution < -0.4 is 0 Å². The molecule has 0 aliphatic heterocycles. The zero-order chi connectivity index (χ0) is 10.1. The maximum absolute atomic E-state index is 11.4. The molecular weight excluding hydrogens is 168 g/mol. The van der Waals surface area contributed by atoms with Gasteiger partial charge in [0.1, 0.15) is 5.76 Å². The molecule has 0 atom stereocenters. The summed E-state index contributed by atoms with van der Waals surface area (Å²) in [7, 11) is 2.89. The summed E-state index contributed by atoms with van der Waals surface area (Å²) in [5.41, 5.74) is 0.101. The number of carbonyl (C=O) groups excluding carboxylic acids is 1. The summed E-state index contributed by atoms with van der Waals surface area (Å²) in [6.07, 6.45) is 1.56. The molecule has 3 heteroatoms. The number of allylic oxidation sites excluding steroid dienone is 1. The Morgan fingerprint density at radius 3 is 2.08 bits per heavy atom. The third-order valence-corrected chi connectivity index (χ3v) is 2.49. The summed E-state index contributed by atoms with van der Waals surface area (Å²) < 4.78 is 9.63. The van der Waals surface area contributed by atoms with E-state index in [1.807, 2.05) is 0 Å². The van der Waals surface area contributed by atoms with Crippen LogP contribution in [-0.4, -0.2) is 20.2 Å². The number of methoxy groups -OCH3 is 2. The average Bonchev–Trinajstić information content (AvgIpc) is 2.95. The van der Waals surface area contributed by atoms with Gasteiger partial charge in [-0.1, -0.05) is 13.2 Å². The lowest BCUT2D eigenvalue weighted by Gasteiger charge is -2.16. The van der Waals surface area contributed by atoms with E-state index < -0.39 is 5.41 Å². The van der Waals surface area contributed by atoms with Crippen molar-refractivity contribution in [2.45, 2.75) is 12.8 Å². The number of esters is 1. The lowest BCUT2D eigenvalue weighted by Crippen LogP contribution is -2.20. The van der Waals surface area contributed by atoms with Gasteiger partial charge in [0.25, 0.3) is 0 Å². The molecule has 3 nitrogen and oxygen atoms in total. The normalized spacial score (nSPS) is 17.4. The molecule has 1 rings (SSSR count). The van der Waals surface area contributed by atoms with Crippen molar-refractivity contribution in [2.75, 3.05) is 14.2 Å². The summed E-state index contributed by atoms with van der Waals surface area (Å²) >= 11 is 0. The van der Waals surface area contributed by atoms with Crippen LogP contribution in [0.5, 0.6) is 0 Å². The monoisotopic (exact) mass is 182 g/mol. The van der Waals surface area contributed by atoms with E-state index in [-0.39, 0.29) is 5.97 Å². The number of rotatable bonds is 4. The van der Waals surface area contributed by atoms with E-state index in [9.17, 15) is 4.79 Å². The van der Waals surface area contributed by atoms with Crippen molar-refractivity contribution in [1.29, 1.82) is 0 Å². The van der Waals surface area contributed by atoms with Gasteiger partial charge in [0.2, 0.25) is 0 Å². The molecular formula is C10H14O3. The largest absolute Gasteiger partial charge is 0.497 e. The van der Waals surface area contributed by atoms with Crippen molar-refractivity contribution in [2.24, 2.45) is 5.41 Å². The van der Waals surface area contributed by atoms with Gasteiger partial charge in [0, 0.05) is 5.57 Å². The molecule has 0 heterocycles. The summed E-state index contributed by atoms with van der Waals surface area (Å²) in [5, 5.41) is 0. The molecule has 0 unspecified atom stereocenters. The van der Waals surface area contributed by atoms with E-state index in [1.165, 1.54) is 14.2 Å². The second-order valence-corrected chi connectivity index (χ2v) is 3.18. The van der Waals surface area contributed by atoms with Crippen LogP contribution in [0.2, 0.25) is 0 Å². The molecule has 0 aromatic carbocycles. The van der Waals surface area contributed by atoms with E-state index in [0.717, 1.165) is 12.8 Å². The van der Waals surface area contributed by atoms with Crippen LogP contribution in [0.4, 0.5) is 0 Å². The van der Waals surface area contributed by atoms with Crippen LogP contribution in [-0.2, 0) is 14.3 Å². The molecule has 0 N–H and O–H groups in total. The molecule has 0 radical (unpaired) electrons. The molecule has 1 aliphatic rings. The Morgan fingerprint density at radius 1 is 1.23 bits per heavy atom. The molecule has 0 spiro atoms. The minimum atomic E-state index is -0.540. The molecule has 0 aromatic rings. The number of ether oxygens (including phenoxy) is 2. The number of hydrogen-bond acceptors (Lipinski definition) is 3. The molecule has 0 bridgehead atoms. The predicted octanol–water partition coefficient (Wildman–Crippen LogP) is 1.66. The van der Waals surface area contributed by atoms with Crippen molar-refractivity contribution in [1.82, 2.24) is 0 Å². The highest BCUT2D eigenvalue weighted by Crippen LogP contribution is 2.54. The van der Waals surface area contributed by atoms with E-state index >= 15 is 0 Å². The first-order chi connectivity index (χ1) is 6.08. The summed E-state index contributed by atoms with van der Waals surface area (Å²) in [6, 6.07) is 0. The Labute approximate surface area is 78.0 Å². The van der Waals surface area contributed by atoms with E-state index in [4.69, 9.17) is 9.47 Å². The van der Waals surface area contributed by atoms with Gasteiger partial charge in [-0.05, 0) is 12.8 Å². The van der Waals surface area contributed by atoms with Crippen LogP contribution in [0.15, 0.2) is 24.5 Å². The first kappa shape index (κ1) is 9.84. The second-order valence-electron chi connectivity index (χ2n) is 3.18. The van der Waals surface area contributed by atoms with Gasteiger partial charge in [-0.25, -0.2) is 0 Å². The maximum atomic E-state index is 11.4. The zero-order valence-corrected chi connectivity index (χ0v) is 8.05. The Balaban J connectivity index is 2.77. The van der Waals surface area contributed by atoms with Crippen LogP contribution in [0, 0.1) is 5.41 Å². The van der Waals surface area contributed by atoms with Gasteiger partial charge in [-0.2, -0.15) is 0 Å². The molecule has 0 amide bonds. The number of carbonyl (C=O) groups is 1. The fourth-order valence-electron chi connectivity index (χ4n) is 1.34. The molecule has 13 heavy (non-hydrogen) atoms. The van der Waals surface area contributed by atoms with Gasteiger partial charge in [-0.15, -0.1) is 0 Å². The van der Waals surface area contributed by atoms with Gasteiger partial charge in [0.15, 0.2) is 0 Å². The molecule has 72 valence electrons. The lowest BCUT2D eigenvalue weighted by atomic mass is 9.96. The first-order valence-corrected chi connectivity index (χ1v) is 4.09. The fourth-order valence-corrected chi connectivity index (χ4v) is 1.34. The Bertz CT molecular complexity index is 261. The number of hydrogen-bond donors (Lipinski definition) is 0. The Morgan fingerprint density at radius 2 is 1.77 bits per heavy atom. The van der Waals surface area contributed by atoms with E-state index in [2.05, 4.69) is 13.2 Å². The molecule has 1 saturated carbocycles. The maximum Gasteiger partial charge on any atom is 0.316 e. The zero-order valence-electron chi connectivity index (χ0n) is 8.05. The average molecular weight is 182 g/mol. The van der Waals surface area contributed by atoms with Crippen LogP contribution in [0.3, 0.4) is 0 Å². The summed E-state index contributed by atoms with van der Waals surface area (Å²) in [5.74, 6) is 0.221. The van der Waals surface area contributed by atoms with E-state index in [1.54, 1.807) is 0 Å². The van der Waals surface area contributed by atoms with Crippen LogP contribution >= 0.6 is 0 Å². The van der Waals surface area contributed by atoms with Crippen LogP contribution in [0.25, 0.3) is 0 Å². The third-order valence-electron chi connectivity index (χ3n) is 2.49. The predicted molar refractivity (Wildman–Crippen MR) is 49.0 cm³/mol. The SMILES string of the molecule is C=C(OC)C(=C)C1(C(=O)OC)CC1. The third kappa shape index (κ3) is 1.46. The van der Waals surface area contributed by atoms with E-state index in [0.29, 0.717) is 11.3 Å². The topological polar surface area (TPSA) is 35.5 Å². The van der Waals surface area contributed by atoms with Gasteiger partial charge < -0.3 is 9.47 Å². The first-order valence-electron chi connectivity index (χ1n) is 4.09. The van der Waals surface area contributed by atoms with Crippen molar-refractivity contribution >= 4 is 5.97 Å². The minimum Gasteiger partial charge on any atom is -0.497 e. The van der Waals surface area contributed by atoms with Crippen molar-refractivity contribution in [3.63, 3.8) is 0 Å². The van der Waals surface area contributed by atoms with Crippen molar-refractivity contribution in [3.05, 3.63) is 24.5 Å².